The third-order valence-electron chi connectivity index (χ3n) is 2.89. The Labute approximate surface area is 116 Å². The van der Waals surface area contributed by atoms with Crippen molar-refractivity contribution in [2.24, 2.45) is 5.92 Å². The number of hydrogen-bond donors (Lipinski definition) is 2. The zero-order chi connectivity index (χ0) is 15.0. The molecule has 0 bridgehead atoms. The molecule has 0 saturated carbocycles. The lowest BCUT2D eigenvalue weighted by Gasteiger charge is -2.14. The molecule has 1 aliphatic heterocycles. The predicted molar refractivity (Wildman–Crippen MR) is 70.7 cm³/mol. The van der Waals surface area contributed by atoms with Gasteiger partial charge in [-0.1, -0.05) is 30.3 Å². The summed E-state index contributed by atoms with van der Waals surface area (Å²) in [7, 11) is 0. The summed E-state index contributed by atoms with van der Waals surface area (Å²) in [5.74, 6) is -3.40. The average Bonchev–Trinajstić information content (AvgIpc) is 2.88. The zero-order valence-electron chi connectivity index (χ0n) is 10.9. The van der Waals surface area contributed by atoms with Gasteiger partial charge in [0.25, 0.3) is 0 Å². The molecule has 1 unspecified atom stereocenters. The van der Waals surface area contributed by atoms with Gasteiger partial charge in [0.2, 0.25) is 0 Å². The van der Waals surface area contributed by atoms with Crippen LogP contribution in [0.4, 0.5) is 0 Å². The lowest BCUT2D eigenvalue weighted by Crippen LogP contribution is -2.19. The topological polar surface area (TPSA) is 102 Å². The highest BCUT2D eigenvalue weighted by molar-refractivity contribution is 6.27. The van der Waals surface area contributed by atoms with E-state index in [1.807, 2.05) is 6.07 Å². The minimum Gasteiger partial charge on any atom is -0.473 e. The van der Waals surface area contributed by atoms with Gasteiger partial charge in [-0.2, -0.15) is 5.26 Å². The summed E-state index contributed by atoms with van der Waals surface area (Å²) in [5.41, 5.74) is 1.34. The van der Waals surface area contributed by atoms with E-state index in [4.69, 9.17) is 25.1 Å². The summed E-state index contributed by atoms with van der Waals surface area (Å²) in [6.45, 7) is 2.98. The van der Waals surface area contributed by atoms with Crippen molar-refractivity contribution in [2.45, 2.75) is 13.0 Å². The summed E-state index contributed by atoms with van der Waals surface area (Å²) in [4.78, 5) is 20.5. The van der Waals surface area contributed by atoms with Crippen molar-refractivity contribution in [1.29, 1.82) is 5.26 Å². The largest absolute Gasteiger partial charge is 0.473 e. The normalized spacial score (nSPS) is 17.6. The first kappa shape index (κ1) is 15.7. The van der Waals surface area contributed by atoms with Crippen LogP contribution >= 0.6 is 0 Å². The van der Waals surface area contributed by atoms with Crippen LogP contribution in [0.2, 0.25) is 0 Å². The van der Waals surface area contributed by atoms with Gasteiger partial charge in [0.1, 0.15) is 0 Å². The molecule has 0 aliphatic carbocycles. The van der Waals surface area contributed by atoms with Crippen LogP contribution in [-0.4, -0.2) is 40.1 Å². The van der Waals surface area contributed by atoms with E-state index in [2.05, 4.69) is 35.2 Å². The lowest BCUT2D eigenvalue weighted by molar-refractivity contribution is -0.159. The van der Waals surface area contributed by atoms with E-state index >= 15 is 0 Å². The number of benzene rings is 1. The van der Waals surface area contributed by atoms with Gasteiger partial charge in [-0.3, -0.25) is 4.90 Å². The highest BCUT2D eigenvalue weighted by Gasteiger charge is 2.21. The Morgan fingerprint density at radius 1 is 1.25 bits per heavy atom. The number of likely N-dealkylation sites (tertiary alicyclic amines) is 1. The Hall–Kier alpha value is -2.39. The molecule has 20 heavy (non-hydrogen) atoms. The van der Waals surface area contributed by atoms with Crippen molar-refractivity contribution in [1.82, 2.24) is 4.90 Å². The predicted octanol–water partition coefficient (Wildman–Crippen LogP) is 1.19. The number of nitriles is 1. The van der Waals surface area contributed by atoms with Crippen LogP contribution in [0.1, 0.15) is 12.0 Å². The average molecular weight is 276 g/mol. The first-order valence-electron chi connectivity index (χ1n) is 6.15. The zero-order valence-corrected chi connectivity index (χ0v) is 10.9. The molecule has 1 heterocycles. The Balaban J connectivity index is 0.000000286. The van der Waals surface area contributed by atoms with E-state index in [0.29, 0.717) is 0 Å². The fourth-order valence-corrected chi connectivity index (χ4v) is 1.92. The third kappa shape index (κ3) is 5.50. The quantitative estimate of drug-likeness (QED) is 0.787. The summed E-state index contributed by atoms with van der Waals surface area (Å²) in [5, 5.41) is 23.6. The van der Waals surface area contributed by atoms with Gasteiger partial charge in [-0.05, 0) is 18.5 Å². The Morgan fingerprint density at radius 3 is 2.30 bits per heavy atom. The molecule has 1 atom stereocenters. The highest BCUT2D eigenvalue weighted by Crippen LogP contribution is 2.17. The standard InChI is InChI=1S/C12H14N2.C2H2O4/c13-8-12-6-7-14(10-12)9-11-4-2-1-3-5-11;3-1(4)2(5)6/h1-5,12H,6-7,9-10H2;(H,3,4)(H,5,6). The van der Waals surface area contributed by atoms with E-state index < -0.39 is 11.9 Å². The van der Waals surface area contributed by atoms with E-state index in [-0.39, 0.29) is 5.92 Å². The maximum Gasteiger partial charge on any atom is 0.414 e. The van der Waals surface area contributed by atoms with Gasteiger partial charge < -0.3 is 10.2 Å². The van der Waals surface area contributed by atoms with E-state index in [9.17, 15) is 0 Å². The van der Waals surface area contributed by atoms with Crippen molar-refractivity contribution in [3.8, 4) is 6.07 Å². The molecule has 1 aromatic carbocycles. The smallest absolute Gasteiger partial charge is 0.414 e. The molecule has 1 fully saturated rings. The van der Waals surface area contributed by atoms with Crippen LogP contribution < -0.4 is 0 Å². The fourth-order valence-electron chi connectivity index (χ4n) is 1.92. The Morgan fingerprint density at radius 2 is 1.85 bits per heavy atom. The molecular formula is C14H16N2O4. The number of carbonyl (C=O) groups is 2. The number of nitrogens with zero attached hydrogens (tertiary/aromatic N) is 2. The third-order valence-corrected chi connectivity index (χ3v) is 2.89. The van der Waals surface area contributed by atoms with Crippen molar-refractivity contribution in [3.63, 3.8) is 0 Å². The number of carboxylic acid groups (broad SMARTS) is 2. The first-order chi connectivity index (χ1) is 9.52. The molecule has 0 amide bonds. The molecule has 2 rings (SSSR count). The van der Waals surface area contributed by atoms with Crippen LogP contribution in [0.3, 0.4) is 0 Å². The van der Waals surface area contributed by atoms with Crippen molar-refractivity contribution in [3.05, 3.63) is 35.9 Å². The second-order valence-corrected chi connectivity index (χ2v) is 4.45. The van der Waals surface area contributed by atoms with E-state index in [1.165, 1.54) is 5.56 Å². The SMILES string of the molecule is N#CC1CCN(Cc2ccccc2)C1.O=C(O)C(=O)O. The van der Waals surface area contributed by atoms with Gasteiger partial charge in [0.15, 0.2) is 0 Å². The van der Waals surface area contributed by atoms with Crippen LogP contribution in [-0.2, 0) is 16.1 Å². The second-order valence-electron chi connectivity index (χ2n) is 4.45. The van der Waals surface area contributed by atoms with Crippen molar-refractivity contribution >= 4 is 11.9 Å². The Kier molecular flexibility index (Phi) is 6.20. The van der Waals surface area contributed by atoms with Crippen molar-refractivity contribution < 1.29 is 19.8 Å². The molecule has 6 nitrogen and oxygen atoms in total. The second kappa shape index (κ2) is 7.92. The highest BCUT2D eigenvalue weighted by atomic mass is 16.4. The van der Waals surface area contributed by atoms with E-state index in [0.717, 1.165) is 26.1 Å². The minimum atomic E-state index is -1.82. The molecule has 0 spiro atoms. The number of carboxylic acids is 2. The van der Waals surface area contributed by atoms with Gasteiger partial charge in [0, 0.05) is 13.1 Å². The van der Waals surface area contributed by atoms with Gasteiger partial charge in [0.05, 0.1) is 12.0 Å². The molecule has 2 N–H and O–H groups in total. The van der Waals surface area contributed by atoms with Gasteiger partial charge >= 0.3 is 11.9 Å². The van der Waals surface area contributed by atoms with Crippen LogP contribution in [0, 0.1) is 17.2 Å². The van der Waals surface area contributed by atoms with Crippen LogP contribution in [0.5, 0.6) is 0 Å². The molecule has 1 saturated heterocycles. The van der Waals surface area contributed by atoms with Crippen LogP contribution in [0.25, 0.3) is 0 Å². The molecule has 106 valence electrons. The fraction of sp³-hybridized carbons (Fsp3) is 0.357. The van der Waals surface area contributed by atoms with Gasteiger partial charge in [-0.25, -0.2) is 9.59 Å². The first-order valence-corrected chi connectivity index (χ1v) is 6.15. The molecule has 0 radical (unpaired) electrons. The maximum absolute atomic E-state index is 9.10. The van der Waals surface area contributed by atoms with Crippen molar-refractivity contribution in [2.75, 3.05) is 13.1 Å². The number of rotatable bonds is 2. The maximum atomic E-state index is 9.10. The van der Waals surface area contributed by atoms with Gasteiger partial charge in [-0.15, -0.1) is 0 Å². The summed E-state index contributed by atoms with van der Waals surface area (Å²) < 4.78 is 0. The molecule has 0 aromatic heterocycles. The number of hydrogen-bond acceptors (Lipinski definition) is 4. The Bertz CT molecular complexity index is 484. The molecule has 6 heteroatoms. The monoisotopic (exact) mass is 276 g/mol. The summed E-state index contributed by atoms with van der Waals surface area (Å²) in [6.07, 6.45) is 1.03. The molecular weight excluding hydrogens is 260 g/mol. The molecule has 1 aromatic rings. The van der Waals surface area contributed by atoms with E-state index in [1.54, 1.807) is 0 Å². The number of aliphatic carboxylic acids is 2. The summed E-state index contributed by atoms with van der Waals surface area (Å²) in [6, 6.07) is 12.8. The lowest BCUT2D eigenvalue weighted by atomic mass is 10.1. The summed E-state index contributed by atoms with van der Waals surface area (Å²) >= 11 is 0. The minimum absolute atomic E-state index is 0.249. The van der Waals surface area contributed by atoms with Crippen LogP contribution in [0.15, 0.2) is 30.3 Å². The molecule has 1 aliphatic rings.